The molecule has 4 nitrogen and oxygen atoms in total. The first-order valence-electron chi connectivity index (χ1n) is 11.8. The largest absolute Gasteiger partial charge is 0.507 e. The molecule has 3 aromatic carbocycles. The molecule has 172 valence electrons. The fourth-order valence-corrected chi connectivity index (χ4v) is 4.42. The minimum absolute atomic E-state index is 0.0235. The number of carbonyl (C=O) groups excluding carboxylic acids is 1. The molecule has 0 bridgehead atoms. The van der Waals surface area contributed by atoms with Crippen LogP contribution in [0.5, 0.6) is 17.2 Å². The van der Waals surface area contributed by atoms with E-state index in [4.69, 9.17) is 9.47 Å². The lowest BCUT2D eigenvalue weighted by molar-refractivity contribution is 0.0959. The van der Waals surface area contributed by atoms with E-state index in [1.165, 1.54) is 18.4 Å². The number of aryl methyl sites for hydroxylation is 1. The van der Waals surface area contributed by atoms with Crippen molar-refractivity contribution < 1.29 is 19.4 Å². The van der Waals surface area contributed by atoms with Gasteiger partial charge in [0.15, 0.2) is 5.78 Å². The summed E-state index contributed by atoms with van der Waals surface area (Å²) in [6.07, 6.45) is 5.15. The number of Topliss-reactive ketones (excluding diaryl/α,β-unsaturated/α-hetero) is 1. The Hall–Kier alpha value is -3.27. The monoisotopic (exact) mass is 444 g/mol. The zero-order valence-corrected chi connectivity index (χ0v) is 19.5. The quantitative estimate of drug-likeness (QED) is 0.364. The van der Waals surface area contributed by atoms with Gasteiger partial charge in [-0.25, -0.2) is 0 Å². The lowest BCUT2D eigenvalue weighted by atomic mass is 9.95. The van der Waals surface area contributed by atoms with Gasteiger partial charge in [0.1, 0.15) is 30.5 Å². The molecule has 1 saturated carbocycles. The molecule has 3 aromatic rings. The van der Waals surface area contributed by atoms with E-state index in [0.29, 0.717) is 42.4 Å². The Balaban J connectivity index is 1.36. The highest BCUT2D eigenvalue weighted by atomic mass is 16.5. The Morgan fingerprint density at radius 2 is 1.58 bits per heavy atom. The summed E-state index contributed by atoms with van der Waals surface area (Å²) < 4.78 is 11.9. The molecule has 1 N–H and O–H groups in total. The number of hydrogen-bond acceptors (Lipinski definition) is 4. The van der Waals surface area contributed by atoms with Crippen LogP contribution in [0.1, 0.15) is 64.7 Å². The number of hydrogen-bond donors (Lipinski definition) is 1. The average Bonchev–Trinajstić information content (AvgIpc) is 3.33. The highest BCUT2D eigenvalue weighted by Gasteiger charge is 2.22. The van der Waals surface area contributed by atoms with Crippen LogP contribution in [-0.4, -0.2) is 10.9 Å². The van der Waals surface area contributed by atoms with Gasteiger partial charge in [-0.1, -0.05) is 61.6 Å². The van der Waals surface area contributed by atoms with Crippen molar-refractivity contribution in [3.05, 3.63) is 88.5 Å². The molecule has 0 heterocycles. The third kappa shape index (κ3) is 5.95. The Bertz CT molecular complexity index is 1100. The number of carbonyl (C=O) groups is 1. The molecule has 0 saturated heterocycles. The lowest BCUT2D eigenvalue weighted by Crippen LogP contribution is -2.07. The topological polar surface area (TPSA) is 55.8 Å². The first-order chi connectivity index (χ1) is 16.0. The number of ether oxygens (including phenoxy) is 2. The zero-order valence-electron chi connectivity index (χ0n) is 19.5. The van der Waals surface area contributed by atoms with Crippen molar-refractivity contribution in [3.8, 4) is 17.2 Å². The average molecular weight is 445 g/mol. The highest BCUT2D eigenvalue weighted by molar-refractivity contribution is 5.99. The molecule has 1 aliphatic carbocycles. The Morgan fingerprint density at radius 3 is 2.27 bits per heavy atom. The van der Waals surface area contributed by atoms with Gasteiger partial charge < -0.3 is 14.6 Å². The molecule has 0 amide bonds. The van der Waals surface area contributed by atoms with Crippen LogP contribution in [0.15, 0.2) is 60.7 Å². The zero-order chi connectivity index (χ0) is 23.2. The van der Waals surface area contributed by atoms with Crippen molar-refractivity contribution in [3.63, 3.8) is 0 Å². The van der Waals surface area contributed by atoms with Crippen LogP contribution in [0.25, 0.3) is 0 Å². The molecule has 0 unspecified atom stereocenters. The van der Waals surface area contributed by atoms with Crippen LogP contribution in [0.3, 0.4) is 0 Å². The molecular formula is C29H32O4. The van der Waals surface area contributed by atoms with Gasteiger partial charge in [0.25, 0.3) is 0 Å². The van der Waals surface area contributed by atoms with Crippen LogP contribution in [0.2, 0.25) is 0 Å². The van der Waals surface area contributed by atoms with Gasteiger partial charge in [-0.2, -0.15) is 0 Å². The summed E-state index contributed by atoms with van der Waals surface area (Å²) >= 11 is 0. The fraction of sp³-hybridized carbons (Fsp3) is 0.345. The van der Waals surface area contributed by atoms with E-state index in [1.807, 2.05) is 42.5 Å². The molecule has 4 heteroatoms. The van der Waals surface area contributed by atoms with Crippen LogP contribution in [0.4, 0.5) is 0 Å². The third-order valence-electron chi connectivity index (χ3n) is 6.44. The van der Waals surface area contributed by atoms with Gasteiger partial charge in [-0.05, 0) is 61.2 Å². The number of ketones is 1. The van der Waals surface area contributed by atoms with Crippen molar-refractivity contribution >= 4 is 5.78 Å². The molecule has 0 radical (unpaired) electrons. The number of phenols is 1. The van der Waals surface area contributed by atoms with Gasteiger partial charge in [0.2, 0.25) is 0 Å². The SMILES string of the molecule is Cc1ccc(OCc2cccc(COc3ccc(C(=O)CC4CCCC4)c(O)c3C)c2)cc1. The summed E-state index contributed by atoms with van der Waals surface area (Å²) in [7, 11) is 0. The van der Waals surface area contributed by atoms with Gasteiger partial charge in [0, 0.05) is 12.0 Å². The lowest BCUT2D eigenvalue weighted by Gasteiger charge is -2.14. The molecule has 4 rings (SSSR count). The van der Waals surface area contributed by atoms with E-state index < -0.39 is 0 Å². The molecular weight excluding hydrogens is 412 g/mol. The standard InChI is InChI=1S/C29H32O4/c1-20-10-12-25(13-11-20)32-18-23-8-5-9-24(16-23)19-33-28-15-14-26(29(31)21(28)2)27(30)17-22-6-3-4-7-22/h5,8-16,22,31H,3-4,6-7,17-19H2,1-2H3. The van der Waals surface area contributed by atoms with Crippen molar-refractivity contribution in [1.29, 1.82) is 0 Å². The van der Waals surface area contributed by atoms with E-state index in [9.17, 15) is 9.90 Å². The summed E-state index contributed by atoms with van der Waals surface area (Å²) in [6, 6.07) is 19.6. The van der Waals surface area contributed by atoms with E-state index in [2.05, 4.69) is 13.0 Å². The van der Waals surface area contributed by atoms with Crippen LogP contribution < -0.4 is 9.47 Å². The number of aromatic hydroxyl groups is 1. The minimum Gasteiger partial charge on any atom is -0.507 e. The second-order valence-corrected chi connectivity index (χ2v) is 9.07. The van der Waals surface area contributed by atoms with Crippen molar-refractivity contribution in [2.45, 2.75) is 59.2 Å². The Labute approximate surface area is 196 Å². The summed E-state index contributed by atoms with van der Waals surface area (Å²) in [5.41, 5.74) is 4.28. The summed E-state index contributed by atoms with van der Waals surface area (Å²) in [5.74, 6) is 1.95. The molecule has 0 spiro atoms. The Morgan fingerprint density at radius 1 is 0.909 bits per heavy atom. The van der Waals surface area contributed by atoms with Crippen LogP contribution >= 0.6 is 0 Å². The Kier molecular flexibility index (Phi) is 7.33. The van der Waals surface area contributed by atoms with E-state index in [1.54, 1.807) is 19.1 Å². The number of rotatable bonds is 9. The number of phenolic OH excluding ortho intramolecular Hbond substituents is 1. The first kappa shape index (κ1) is 22.9. The molecule has 1 fully saturated rings. The predicted molar refractivity (Wildman–Crippen MR) is 130 cm³/mol. The molecule has 1 aliphatic rings. The van der Waals surface area contributed by atoms with Gasteiger partial charge in [0.05, 0.1) is 5.56 Å². The maximum absolute atomic E-state index is 12.7. The molecule has 0 atom stereocenters. The second-order valence-electron chi connectivity index (χ2n) is 9.07. The second kappa shape index (κ2) is 10.6. The summed E-state index contributed by atoms with van der Waals surface area (Å²) in [6.45, 7) is 4.70. The van der Waals surface area contributed by atoms with E-state index in [-0.39, 0.29) is 11.5 Å². The smallest absolute Gasteiger partial charge is 0.166 e. The molecule has 33 heavy (non-hydrogen) atoms. The normalized spacial score (nSPS) is 13.8. The maximum Gasteiger partial charge on any atom is 0.166 e. The van der Waals surface area contributed by atoms with Gasteiger partial charge >= 0.3 is 0 Å². The van der Waals surface area contributed by atoms with Crippen LogP contribution in [-0.2, 0) is 13.2 Å². The maximum atomic E-state index is 12.7. The fourth-order valence-electron chi connectivity index (χ4n) is 4.42. The third-order valence-corrected chi connectivity index (χ3v) is 6.44. The van der Waals surface area contributed by atoms with E-state index in [0.717, 1.165) is 29.7 Å². The van der Waals surface area contributed by atoms with Crippen molar-refractivity contribution in [1.82, 2.24) is 0 Å². The summed E-state index contributed by atoms with van der Waals surface area (Å²) in [4.78, 5) is 12.7. The van der Waals surface area contributed by atoms with Crippen LogP contribution in [0, 0.1) is 19.8 Å². The highest BCUT2D eigenvalue weighted by Crippen LogP contribution is 2.34. The minimum atomic E-state index is 0.0235. The first-order valence-corrected chi connectivity index (χ1v) is 11.8. The van der Waals surface area contributed by atoms with Gasteiger partial charge in [-0.3, -0.25) is 4.79 Å². The van der Waals surface area contributed by atoms with Crippen molar-refractivity contribution in [2.24, 2.45) is 5.92 Å². The van der Waals surface area contributed by atoms with E-state index >= 15 is 0 Å². The number of benzene rings is 3. The van der Waals surface area contributed by atoms with Gasteiger partial charge in [-0.15, -0.1) is 0 Å². The summed E-state index contributed by atoms with van der Waals surface area (Å²) in [5, 5.41) is 10.6. The predicted octanol–water partition coefficient (Wildman–Crippen LogP) is 6.93. The molecule has 0 aromatic heterocycles. The van der Waals surface area contributed by atoms with Crippen molar-refractivity contribution in [2.75, 3.05) is 0 Å². The molecule has 0 aliphatic heterocycles.